The van der Waals surface area contributed by atoms with Gasteiger partial charge in [0.15, 0.2) is 0 Å². The van der Waals surface area contributed by atoms with Gasteiger partial charge in [0.05, 0.1) is 0 Å². The summed E-state index contributed by atoms with van der Waals surface area (Å²) in [5, 5.41) is 2.48. The molecular formula is C12H17N3O2. The number of nitrogens with zero attached hydrogens (tertiary/aromatic N) is 1. The lowest BCUT2D eigenvalue weighted by molar-refractivity contribution is -0.137. The molecule has 92 valence electrons. The molecule has 1 rings (SSSR count). The average molecular weight is 235 g/mol. The fourth-order valence-electron chi connectivity index (χ4n) is 1.38. The highest BCUT2D eigenvalue weighted by atomic mass is 16.2. The second-order valence-electron chi connectivity index (χ2n) is 3.87. The first-order valence-corrected chi connectivity index (χ1v) is 5.38. The number of para-hydroxylation sites is 1. The Labute approximate surface area is 101 Å². The van der Waals surface area contributed by atoms with E-state index in [-0.39, 0.29) is 6.04 Å². The summed E-state index contributed by atoms with van der Waals surface area (Å²) in [7, 11) is 1.93. The summed E-state index contributed by atoms with van der Waals surface area (Å²) in [4.78, 5) is 23.6. The lowest BCUT2D eigenvalue weighted by Gasteiger charge is -2.27. The summed E-state index contributed by atoms with van der Waals surface area (Å²) in [6.07, 6.45) is 0. The molecule has 0 fully saturated rings. The van der Waals surface area contributed by atoms with Crippen molar-refractivity contribution < 1.29 is 9.59 Å². The van der Waals surface area contributed by atoms with E-state index in [9.17, 15) is 9.59 Å². The molecule has 5 heteroatoms. The van der Waals surface area contributed by atoms with Crippen LogP contribution < -0.4 is 16.0 Å². The molecule has 17 heavy (non-hydrogen) atoms. The molecule has 0 bridgehead atoms. The zero-order valence-electron chi connectivity index (χ0n) is 10.0. The minimum atomic E-state index is -0.959. The van der Waals surface area contributed by atoms with Gasteiger partial charge in [-0.2, -0.15) is 0 Å². The first-order valence-electron chi connectivity index (χ1n) is 5.38. The molecule has 0 aromatic heterocycles. The normalized spacial score (nSPS) is 11.6. The van der Waals surface area contributed by atoms with E-state index < -0.39 is 11.8 Å². The fraction of sp³-hybridized carbons (Fsp3) is 0.333. The van der Waals surface area contributed by atoms with E-state index >= 15 is 0 Å². The number of hydrogen-bond donors (Lipinski definition) is 2. The lowest BCUT2D eigenvalue weighted by atomic mass is 10.2. The van der Waals surface area contributed by atoms with Crippen molar-refractivity contribution in [2.45, 2.75) is 13.0 Å². The number of nitrogens with two attached hydrogens (primary N) is 1. The maximum Gasteiger partial charge on any atom is 0.309 e. The largest absolute Gasteiger partial charge is 0.370 e. The van der Waals surface area contributed by atoms with Crippen LogP contribution in [-0.4, -0.2) is 31.4 Å². The van der Waals surface area contributed by atoms with Gasteiger partial charge in [0.2, 0.25) is 0 Å². The first kappa shape index (κ1) is 13.0. The summed E-state index contributed by atoms with van der Waals surface area (Å²) in [5.74, 6) is -1.71. The number of primary amides is 1. The number of benzene rings is 1. The topological polar surface area (TPSA) is 75.4 Å². The van der Waals surface area contributed by atoms with Crippen LogP contribution in [0.25, 0.3) is 0 Å². The second-order valence-corrected chi connectivity index (χ2v) is 3.87. The first-order chi connectivity index (χ1) is 8.02. The third-order valence-electron chi connectivity index (χ3n) is 2.61. The molecule has 0 aliphatic heterocycles. The molecule has 0 aliphatic carbocycles. The van der Waals surface area contributed by atoms with E-state index in [0.29, 0.717) is 6.54 Å². The molecule has 3 N–H and O–H groups in total. The van der Waals surface area contributed by atoms with Crippen LogP contribution in [0.5, 0.6) is 0 Å². The van der Waals surface area contributed by atoms with Crippen LogP contribution in [0.3, 0.4) is 0 Å². The van der Waals surface area contributed by atoms with E-state index in [1.807, 2.05) is 49.2 Å². The second kappa shape index (κ2) is 5.89. The molecule has 1 atom stereocenters. The Morgan fingerprint density at radius 2 is 1.94 bits per heavy atom. The quantitative estimate of drug-likeness (QED) is 0.727. The van der Waals surface area contributed by atoms with Crippen molar-refractivity contribution in [3.63, 3.8) is 0 Å². The summed E-state index contributed by atoms with van der Waals surface area (Å²) in [6, 6.07) is 9.86. The molecule has 5 nitrogen and oxygen atoms in total. The Morgan fingerprint density at radius 1 is 1.35 bits per heavy atom. The van der Waals surface area contributed by atoms with Crippen molar-refractivity contribution in [1.29, 1.82) is 0 Å². The highest BCUT2D eigenvalue weighted by Crippen LogP contribution is 2.13. The van der Waals surface area contributed by atoms with Crippen molar-refractivity contribution >= 4 is 17.5 Å². The molecule has 0 spiro atoms. The third-order valence-corrected chi connectivity index (χ3v) is 2.61. The summed E-state index contributed by atoms with van der Waals surface area (Å²) in [5.41, 5.74) is 5.89. The molecule has 0 saturated heterocycles. The molecule has 0 aliphatic rings. The molecule has 0 unspecified atom stereocenters. The number of anilines is 1. The smallest absolute Gasteiger partial charge is 0.309 e. The standard InChI is InChI=1S/C12H17N3O2/c1-9(8-14-12(17)11(13)16)15(2)10-6-4-3-5-7-10/h3-7,9H,8H2,1-2H3,(H2,13,16)(H,14,17)/t9-/m1/s1. The number of amides is 2. The summed E-state index contributed by atoms with van der Waals surface area (Å²) in [6.45, 7) is 2.32. The number of rotatable bonds is 4. The minimum absolute atomic E-state index is 0.0701. The highest BCUT2D eigenvalue weighted by Gasteiger charge is 2.13. The van der Waals surface area contributed by atoms with Gasteiger partial charge < -0.3 is 16.0 Å². The Kier molecular flexibility index (Phi) is 4.51. The number of hydrogen-bond acceptors (Lipinski definition) is 3. The molecule has 2 amide bonds. The molecule has 1 aromatic rings. The Balaban J connectivity index is 2.51. The predicted octanol–water partition coefficient (Wildman–Crippen LogP) is 0.113. The molecular weight excluding hydrogens is 218 g/mol. The van der Waals surface area contributed by atoms with Gasteiger partial charge in [-0.25, -0.2) is 0 Å². The van der Waals surface area contributed by atoms with Gasteiger partial charge >= 0.3 is 11.8 Å². The van der Waals surface area contributed by atoms with Gasteiger partial charge in [0.25, 0.3) is 0 Å². The van der Waals surface area contributed by atoms with E-state index in [1.165, 1.54) is 0 Å². The van der Waals surface area contributed by atoms with E-state index in [1.54, 1.807) is 0 Å². The predicted molar refractivity (Wildman–Crippen MR) is 66.5 cm³/mol. The fourth-order valence-corrected chi connectivity index (χ4v) is 1.38. The number of likely N-dealkylation sites (N-methyl/N-ethyl adjacent to an activating group) is 1. The number of carbonyl (C=O) groups excluding carboxylic acids is 2. The lowest BCUT2D eigenvalue weighted by Crippen LogP contribution is -2.44. The molecule has 0 heterocycles. The zero-order chi connectivity index (χ0) is 12.8. The summed E-state index contributed by atoms with van der Waals surface area (Å²) >= 11 is 0. The number of nitrogens with one attached hydrogen (secondary N) is 1. The van der Waals surface area contributed by atoms with Crippen LogP contribution in [0, 0.1) is 0 Å². The van der Waals surface area contributed by atoms with Crippen LogP contribution in [-0.2, 0) is 9.59 Å². The van der Waals surface area contributed by atoms with Gasteiger partial charge in [0.1, 0.15) is 0 Å². The van der Waals surface area contributed by atoms with E-state index in [2.05, 4.69) is 5.32 Å². The van der Waals surface area contributed by atoms with Crippen molar-refractivity contribution in [3.05, 3.63) is 30.3 Å². The van der Waals surface area contributed by atoms with Crippen LogP contribution in [0.4, 0.5) is 5.69 Å². The van der Waals surface area contributed by atoms with Gasteiger partial charge in [-0.05, 0) is 19.1 Å². The van der Waals surface area contributed by atoms with Gasteiger partial charge in [-0.3, -0.25) is 9.59 Å². The van der Waals surface area contributed by atoms with Gasteiger partial charge in [-0.15, -0.1) is 0 Å². The third kappa shape index (κ3) is 3.79. The van der Waals surface area contributed by atoms with Gasteiger partial charge in [-0.1, -0.05) is 18.2 Å². The summed E-state index contributed by atoms with van der Waals surface area (Å²) < 4.78 is 0. The van der Waals surface area contributed by atoms with Crippen LogP contribution in [0.15, 0.2) is 30.3 Å². The number of carbonyl (C=O) groups is 2. The van der Waals surface area contributed by atoms with Crippen LogP contribution >= 0.6 is 0 Å². The minimum Gasteiger partial charge on any atom is -0.370 e. The molecule has 0 saturated carbocycles. The van der Waals surface area contributed by atoms with Crippen LogP contribution in [0.1, 0.15) is 6.92 Å². The zero-order valence-corrected chi connectivity index (χ0v) is 10.0. The maximum atomic E-state index is 11.0. The van der Waals surface area contributed by atoms with Crippen molar-refractivity contribution in [2.75, 3.05) is 18.5 Å². The van der Waals surface area contributed by atoms with Crippen molar-refractivity contribution in [2.24, 2.45) is 5.73 Å². The van der Waals surface area contributed by atoms with Gasteiger partial charge in [0, 0.05) is 25.3 Å². The maximum absolute atomic E-state index is 11.0. The van der Waals surface area contributed by atoms with Crippen molar-refractivity contribution in [3.8, 4) is 0 Å². The molecule has 1 aromatic carbocycles. The Bertz CT molecular complexity index is 392. The monoisotopic (exact) mass is 235 g/mol. The van der Waals surface area contributed by atoms with E-state index in [0.717, 1.165) is 5.69 Å². The van der Waals surface area contributed by atoms with Crippen molar-refractivity contribution in [1.82, 2.24) is 5.32 Å². The Hall–Kier alpha value is -2.04. The average Bonchev–Trinajstić information content (AvgIpc) is 2.35. The van der Waals surface area contributed by atoms with E-state index in [4.69, 9.17) is 5.73 Å². The SMILES string of the molecule is C[C@H](CNC(=O)C(N)=O)N(C)c1ccccc1. The van der Waals surface area contributed by atoms with Crippen LogP contribution in [0.2, 0.25) is 0 Å². The molecule has 0 radical (unpaired) electrons. The highest BCUT2D eigenvalue weighted by molar-refractivity contribution is 6.34. The Morgan fingerprint density at radius 3 is 2.47 bits per heavy atom.